The zero-order valence-corrected chi connectivity index (χ0v) is 6.95. The van der Waals surface area contributed by atoms with Crippen LogP contribution in [0, 0.1) is 11.8 Å². The van der Waals surface area contributed by atoms with Gasteiger partial charge in [0.25, 0.3) is 0 Å². The first-order valence-corrected chi connectivity index (χ1v) is 4.30. The average molecular weight is 153 g/mol. The van der Waals surface area contributed by atoms with Crippen LogP contribution in [0.4, 0.5) is 0 Å². The molecule has 2 nitrogen and oxygen atoms in total. The largest absolute Gasteiger partial charge is 0.389 e. The van der Waals surface area contributed by atoms with Gasteiger partial charge in [-0.15, -0.1) is 0 Å². The van der Waals surface area contributed by atoms with E-state index < -0.39 is 0 Å². The minimum atomic E-state index is -0.0965. The molecule has 2 heteroatoms. The quantitative estimate of drug-likeness (QED) is 0.635. The normalized spacial score (nSPS) is 36.7. The fraction of sp³-hybridized carbons (Fsp3) is 0.778. The number of hydrogen-bond donors (Lipinski definition) is 1. The second-order valence-electron chi connectivity index (χ2n) is 3.87. The molecular formula is C9H15NO. The van der Waals surface area contributed by atoms with Crippen LogP contribution < -0.4 is 0 Å². The summed E-state index contributed by atoms with van der Waals surface area (Å²) < 4.78 is 0. The van der Waals surface area contributed by atoms with E-state index in [2.05, 4.69) is 18.4 Å². The Morgan fingerprint density at radius 1 is 1.55 bits per heavy atom. The van der Waals surface area contributed by atoms with Gasteiger partial charge in [0.05, 0.1) is 6.10 Å². The summed E-state index contributed by atoms with van der Waals surface area (Å²) in [5.41, 5.74) is 1.25. The summed E-state index contributed by atoms with van der Waals surface area (Å²) in [6.45, 7) is 7.91. The molecule has 0 aromatic carbocycles. The van der Waals surface area contributed by atoms with E-state index in [-0.39, 0.29) is 6.10 Å². The number of hydrogen-bond acceptors (Lipinski definition) is 2. The maximum atomic E-state index is 9.05. The third kappa shape index (κ3) is 1.16. The van der Waals surface area contributed by atoms with Crippen LogP contribution in [0.1, 0.15) is 13.3 Å². The number of allylic oxidation sites excluding steroid dienone is 1. The summed E-state index contributed by atoms with van der Waals surface area (Å²) >= 11 is 0. The van der Waals surface area contributed by atoms with Crippen molar-refractivity contribution < 1.29 is 5.11 Å². The molecule has 2 aliphatic rings. The van der Waals surface area contributed by atoms with Crippen molar-refractivity contribution >= 4 is 0 Å². The molecule has 1 aliphatic carbocycles. The van der Waals surface area contributed by atoms with Crippen LogP contribution in [-0.2, 0) is 0 Å². The lowest BCUT2D eigenvalue weighted by Gasteiger charge is -2.39. The Balaban J connectivity index is 1.83. The highest BCUT2D eigenvalue weighted by Gasteiger charge is 2.39. The van der Waals surface area contributed by atoms with Gasteiger partial charge in [-0.05, 0) is 12.3 Å². The Morgan fingerprint density at radius 3 is 2.45 bits per heavy atom. The number of nitrogens with zero attached hydrogens (tertiary/aromatic N) is 1. The fourth-order valence-electron chi connectivity index (χ4n) is 1.71. The zero-order chi connectivity index (χ0) is 8.01. The van der Waals surface area contributed by atoms with Crippen LogP contribution in [-0.4, -0.2) is 29.2 Å². The SMILES string of the molecule is C=C([C@@H]1C[C@H]1C)N1CC(O)C1. The van der Waals surface area contributed by atoms with E-state index in [0.29, 0.717) is 0 Å². The monoisotopic (exact) mass is 153 g/mol. The van der Waals surface area contributed by atoms with Crippen molar-refractivity contribution in [3.8, 4) is 0 Å². The third-order valence-corrected chi connectivity index (χ3v) is 2.81. The molecule has 0 aromatic rings. The Morgan fingerprint density at radius 2 is 2.09 bits per heavy atom. The number of β-amino-alcohol motifs (C(OH)–C–C–N with tert-alkyl or cyclic N) is 1. The molecule has 1 aliphatic heterocycles. The molecule has 0 unspecified atom stereocenters. The van der Waals surface area contributed by atoms with Crippen molar-refractivity contribution in [1.82, 2.24) is 4.90 Å². The van der Waals surface area contributed by atoms with E-state index in [1.807, 2.05) is 0 Å². The van der Waals surface area contributed by atoms with Crippen molar-refractivity contribution in [2.24, 2.45) is 11.8 Å². The molecule has 0 radical (unpaired) electrons. The van der Waals surface area contributed by atoms with Gasteiger partial charge in [-0.1, -0.05) is 13.5 Å². The van der Waals surface area contributed by atoms with E-state index in [1.165, 1.54) is 12.1 Å². The van der Waals surface area contributed by atoms with Gasteiger partial charge in [0.1, 0.15) is 0 Å². The van der Waals surface area contributed by atoms with Crippen LogP contribution in [0.2, 0.25) is 0 Å². The van der Waals surface area contributed by atoms with Crippen molar-refractivity contribution in [2.75, 3.05) is 13.1 Å². The molecule has 1 N–H and O–H groups in total. The van der Waals surface area contributed by atoms with Gasteiger partial charge in [-0.2, -0.15) is 0 Å². The van der Waals surface area contributed by atoms with E-state index in [9.17, 15) is 0 Å². The third-order valence-electron chi connectivity index (χ3n) is 2.81. The number of aliphatic hydroxyl groups excluding tert-OH is 1. The van der Waals surface area contributed by atoms with Crippen LogP contribution >= 0.6 is 0 Å². The van der Waals surface area contributed by atoms with Crippen molar-refractivity contribution in [1.29, 1.82) is 0 Å². The summed E-state index contributed by atoms with van der Waals surface area (Å²) in [6, 6.07) is 0. The summed E-state index contributed by atoms with van der Waals surface area (Å²) in [5, 5.41) is 9.05. The van der Waals surface area contributed by atoms with Gasteiger partial charge >= 0.3 is 0 Å². The number of aliphatic hydroxyl groups is 1. The van der Waals surface area contributed by atoms with E-state index in [4.69, 9.17) is 5.11 Å². The molecule has 1 saturated heterocycles. The lowest BCUT2D eigenvalue weighted by molar-refractivity contribution is 0.0212. The zero-order valence-electron chi connectivity index (χ0n) is 6.95. The lowest BCUT2D eigenvalue weighted by Crippen LogP contribution is -2.49. The first kappa shape index (κ1) is 7.17. The molecule has 0 amide bonds. The Labute approximate surface area is 67.5 Å². The first-order valence-electron chi connectivity index (χ1n) is 4.30. The Hall–Kier alpha value is -0.500. The summed E-state index contributed by atoms with van der Waals surface area (Å²) in [6.07, 6.45) is 1.20. The smallest absolute Gasteiger partial charge is 0.0889 e. The first-order chi connectivity index (χ1) is 5.18. The van der Waals surface area contributed by atoms with Crippen LogP contribution in [0.3, 0.4) is 0 Å². The number of likely N-dealkylation sites (tertiary alicyclic amines) is 1. The molecule has 62 valence electrons. The van der Waals surface area contributed by atoms with Gasteiger partial charge in [0, 0.05) is 24.7 Å². The van der Waals surface area contributed by atoms with E-state index >= 15 is 0 Å². The highest BCUT2D eigenvalue weighted by molar-refractivity contribution is 5.12. The maximum Gasteiger partial charge on any atom is 0.0889 e. The second kappa shape index (κ2) is 2.24. The Bertz CT molecular complexity index is 184. The van der Waals surface area contributed by atoms with E-state index in [1.54, 1.807) is 0 Å². The standard InChI is InChI=1S/C9H15NO/c1-6-3-9(6)7(2)10-4-8(11)5-10/h6,8-9,11H,2-5H2,1H3/t6-,9-/m1/s1. The maximum absolute atomic E-state index is 9.05. The lowest BCUT2D eigenvalue weighted by atomic mass is 10.1. The Kier molecular flexibility index (Phi) is 1.46. The average Bonchev–Trinajstić information content (AvgIpc) is 2.58. The topological polar surface area (TPSA) is 23.5 Å². The second-order valence-corrected chi connectivity index (χ2v) is 3.87. The molecule has 11 heavy (non-hydrogen) atoms. The number of rotatable bonds is 2. The van der Waals surface area contributed by atoms with Crippen LogP contribution in [0.15, 0.2) is 12.3 Å². The fourth-order valence-corrected chi connectivity index (χ4v) is 1.71. The molecule has 0 bridgehead atoms. The predicted octanol–water partition coefficient (Wildman–Crippen LogP) is 0.833. The van der Waals surface area contributed by atoms with Gasteiger partial charge in [0.2, 0.25) is 0 Å². The van der Waals surface area contributed by atoms with Crippen LogP contribution in [0.25, 0.3) is 0 Å². The van der Waals surface area contributed by atoms with Crippen LogP contribution in [0.5, 0.6) is 0 Å². The highest BCUT2D eigenvalue weighted by atomic mass is 16.3. The molecule has 2 fully saturated rings. The summed E-state index contributed by atoms with van der Waals surface area (Å²) in [4.78, 5) is 2.19. The molecule has 2 atom stereocenters. The molecule has 1 heterocycles. The minimum Gasteiger partial charge on any atom is -0.389 e. The van der Waals surface area contributed by atoms with E-state index in [0.717, 1.165) is 24.9 Å². The molecule has 0 aromatic heterocycles. The van der Waals surface area contributed by atoms with Crippen molar-refractivity contribution in [3.05, 3.63) is 12.3 Å². The molecular weight excluding hydrogens is 138 g/mol. The predicted molar refractivity (Wildman–Crippen MR) is 44.0 cm³/mol. The summed E-state index contributed by atoms with van der Waals surface area (Å²) in [7, 11) is 0. The minimum absolute atomic E-state index is 0.0965. The van der Waals surface area contributed by atoms with Gasteiger partial charge in [0.15, 0.2) is 0 Å². The van der Waals surface area contributed by atoms with Crippen molar-refractivity contribution in [3.63, 3.8) is 0 Å². The highest BCUT2D eigenvalue weighted by Crippen LogP contribution is 2.44. The molecule has 2 rings (SSSR count). The van der Waals surface area contributed by atoms with Gasteiger partial charge in [-0.3, -0.25) is 0 Å². The molecule has 1 saturated carbocycles. The van der Waals surface area contributed by atoms with Crippen molar-refractivity contribution in [2.45, 2.75) is 19.4 Å². The van der Waals surface area contributed by atoms with Gasteiger partial charge in [-0.25, -0.2) is 0 Å². The summed E-state index contributed by atoms with van der Waals surface area (Å²) in [5.74, 6) is 1.56. The molecule has 0 spiro atoms. The van der Waals surface area contributed by atoms with Gasteiger partial charge < -0.3 is 10.0 Å².